The van der Waals surface area contributed by atoms with Gasteiger partial charge in [0, 0.05) is 11.9 Å². The number of fused-ring (bicyclic) bond motifs is 8. The van der Waals surface area contributed by atoms with Gasteiger partial charge in [0.15, 0.2) is 16.8 Å². The number of anilines is 1. The minimum absolute atomic E-state index is 0.0601. The lowest BCUT2D eigenvalue weighted by Gasteiger charge is -2.18. The number of aryl methyl sites for hydroxylation is 1. The zero-order chi connectivity index (χ0) is 29.0. The summed E-state index contributed by atoms with van der Waals surface area (Å²) in [6.45, 7) is 0.457. The molecule has 5 aromatic carbocycles. The Morgan fingerprint density at radius 1 is 0.810 bits per heavy atom. The van der Waals surface area contributed by atoms with Crippen LogP contribution in [0.25, 0.3) is 47.0 Å². The summed E-state index contributed by atoms with van der Waals surface area (Å²) in [5.74, 6) is -0.678. The molecule has 7 nitrogen and oxygen atoms in total. The molecule has 2 heterocycles. The fourth-order valence-electron chi connectivity index (χ4n) is 5.75. The highest BCUT2D eigenvalue weighted by Crippen LogP contribution is 2.47. The summed E-state index contributed by atoms with van der Waals surface area (Å²) in [6.07, 6.45) is -0.143. The third-order valence-corrected chi connectivity index (χ3v) is 9.83. The number of carboxylic acid groups (broad SMARTS) is 2. The van der Waals surface area contributed by atoms with Gasteiger partial charge in [-0.3, -0.25) is 9.59 Å². The second-order valence-electron chi connectivity index (χ2n) is 10.2. The highest BCUT2D eigenvalue weighted by molar-refractivity contribution is 9.15. The Kier molecular flexibility index (Phi) is 6.56. The molecular weight excluding hydrogens is 616 g/mol. The second kappa shape index (κ2) is 10.4. The van der Waals surface area contributed by atoms with Crippen LogP contribution in [0.2, 0.25) is 0 Å². The summed E-state index contributed by atoms with van der Waals surface area (Å²) >= 11 is 5.41. The fourth-order valence-corrected chi connectivity index (χ4v) is 7.77. The topological polar surface area (TPSA) is 91.0 Å². The Hall–Kier alpha value is -4.47. The van der Waals surface area contributed by atoms with E-state index >= 15 is 0 Å². The van der Waals surface area contributed by atoms with E-state index in [0.29, 0.717) is 16.1 Å². The molecule has 6 aromatic rings. The first-order chi connectivity index (χ1) is 20.4. The van der Waals surface area contributed by atoms with Crippen LogP contribution in [0.3, 0.4) is 0 Å². The van der Waals surface area contributed by atoms with Gasteiger partial charge < -0.3 is 19.8 Å². The van der Waals surface area contributed by atoms with Gasteiger partial charge in [-0.05, 0) is 55.7 Å². The molecule has 1 aliphatic heterocycles. The van der Waals surface area contributed by atoms with Crippen LogP contribution in [0, 0.1) is 0 Å². The number of nitrogens with zero attached hydrogens (tertiary/aromatic N) is 2. The van der Waals surface area contributed by atoms with E-state index in [9.17, 15) is 19.8 Å². The number of aliphatic carboxylic acids is 2. The van der Waals surface area contributed by atoms with Gasteiger partial charge >= 0.3 is 11.9 Å². The summed E-state index contributed by atoms with van der Waals surface area (Å²) in [5, 5.41) is 26.4. The zero-order valence-electron chi connectivity index (χ0n) is 22.2. The molecule has 208 valence electrons. The normalized spacial score (nSPS) is 14.1. The number of aromatic nitrogens is 1. The van der Waals surface area contributed by atoms with E-state index in [0.717, 1.165) is 53.2 Å². The summed E-state index contributed by atoms with van der Waals surface area (Å²) in [7, 11) is 0. The van der Waals surface area contributed by atoms with Crippen molar-refractivity contribution in [2.75, 3.05) is 11.4 Å². The van der Waals surface area contributed by atoms with Gasteiger partial charge in [0.05, 0.1) is 17.5 Å². The number of thiazole rings is 1. The highest BCUT2D eigenvalue weighted by Gasteiger charge is 2.35. The van der Waals surface area contributed by atoms with Crippen molar-refractivity contribution in [1.29, 1.82) is 0 Å². The molecule has 1 aliphatic rings. The maximum atomic E-state index is 11.8. The lowest BCUT2D eigenvalue weighted by molar-refractivity contribution is -0.667. The molecule has 0 radical (unpaired) electrons. The van der Waals surface area contributed by atoms with E-state index < -0.39 is 11.9 Å². The number of carboxylic acids is 2. The SMILES string of the molecule is O=C(O)CCN1/C(=C(\Br)c2sc3c4ccccc4c4ccccc4c3[n+]2CCC(=O)O)Oc2cc3ccccc3cc21. The molecule has 2 N–H and O–H groups in total. The molecular formula is C33H24BrN2O5S+. The molecule has 0 bridgehead atoms. The van der Waals surface area contributed by atoms with Gasteiger partial charge in [0.2, 0.25) is 11.4 Å². The largest absolute Gasteiger partial charge is 0.481 e. The molecule has 1 aromatic heterocycles. The van der Waals surface area contributed by atoms with Crippen molar-refractivity contribution in [3.8, 4) is 5.75 Å². The minimum atomic E-state index is -0.906. The number of benzene rings is 5. The second-order valence-corrected chi connectivity index (χ2v) is 11.9. The number of ether oxygens (including phenoxy) is 1. The van der Waals surface area contributed by atoms with E-state index in [4.69, 9.17) is 4.74 Å². The van der Waals surface area contributed by atoms with Crippen molar-refractivity contribution >= 4 is 91.9 Å². The molecule has 0 saturated heterocycles. The summed E-state index contributed by atoms with van der Waals surface area (Å²) in [6, 6.07) is 28.4. The van der Waals surface area contributed by atoms with Crippen molar-refractivity contribution in [2.45, 2.75) is 19.4 Å². The molecule has 7 rings (SSSR count). The van der Waals surface area contributed by atoms with Gasteiger partial charge in [-0.1, -0.05) is 78.1 Å². The van der Waals surface area contributed by atoms with Gasteiger partial charge in [-0.25, -0.2) is 0 Å². The molecule has 0 aliphatic carbocycles. The number of hydrogen-bond acceptors (Lipinski definition) is 5. The molecule has 0 atom stereocenters. The molecule has 0 saturated carbocycles. The quantitative estimate of drug-likeness (QED) is 0.139. The van der Waals surface area contributed by atoms with E-state index in [1.165, 1.54) is 0 Å². The monoisotopic (exact) mass is 639 g/mol. The van der Waals surface area contributed by atoms with E-state index in [-0.39, 0.29) is 25.9 Å². The first kappa shape index (κ1) is 26.4. The Labute approximate surface area is 252 Å². The standard InChI is InChI=1S/C33H23BrN2O5S/c34-29(32-35(15-13-27(37)38)25-17-19-7-1-2-8-20(19)18-26(25)41-32)33-36(16-14-28(39)40)30-23-11-5-3-9-21(23)22-10-4-6-12-24(22)31(30)42-33/h1-12,17-18H,13-16H2,(H-,37,38,39,40)/p+1. The summed E-state index contributed by atoms with van der Waals surface area (Å²) in [4.78, 5) is 25.3. The lowest BCUT2D eigenvalue weighted by Crippen LogP contribution is -2.37. The van der Waals surface area contributed by atoms with Crippen LogP contribution in [0.5, 0.6) is 5.75 Å². The fraction of sp³-hybridized carbons (Fsp3) is 0.121. The number of carbonyl (C=O) groups is 2. The summed E-state index contributed by atoms with van der Waals surface area (Å²) in [5.41, 5.74) is 1.75. The first-order valence-corrected chi connectivity index (χ1v) is 15.1. The Morgan fingerprint density at radius 3 is 2.10 bits per heavy atom. The van der Waals surface area contributed by atoms with Crippen LogP contribution in [0.15, 0.2) is 90.8 Å². The lowest BCUT2D eigenvalue weighted by atomic mass is 10.0. The highest BCUT2D eigenvalue weighted by atomic mass is 79.9. The van der Waals surface area contributed by atoms with Crippen LogP contribution in [-0.2, 0) is 16.1 Å². The Bertz CT molecular complexity index is 2120. The van der Waals surface area contributed by atoms with E-state index in [1.807, 2.05) is 65.6 Å². The third kappa shape index (κ3) is 4.36. The molecule has 42 heavy (non-hydrogen) atoms. The smallest absolute Gasteiger partial charge is 0.309 e. The molecule has 9 heteroatoms. The van der Waals surface area contributed by atoms with Crippen LogP contribution in [-0.4, -0.2) is 28.7 Å². The van der Waals surface area contributed by atoms with Gasteiger partial charge in [-0.15, -0.1) is 0 Å². The molecule has 0 amide bonds. The average Bonchev–Trinajstić information content (AvgIpc) is 3.56. The molecule has 0 spiro atoms. The third-order valence-electron chi connectivity index (χ3n) is 7.62. The van der Waals surface area contributed by atoms with Gasteiger partial charge in [-0.2, -0.15) is 4.57 Å². The maximum absolute atomic E-state index is 11.8. The van der Waals surface area contributed by atoms with E-state index in [1.54, 1.807) is 11.3 Å². The van der Waals surface area contributed by atoms with Crippen LogP contribution >= 0.6 is 27.3 Å². The minimum Gasteiger partial charge on any atom is -0.481 e. The average molecular weight is 641 g/mol. The Morgan fingerprint density at radius 2 is 1.40 bits per heavy atom. The van der Waals surface area contributed by atoms with Crippen LogP contribution in [0.4, 0.5) is 5.69 Å². The van der Waals surface area contributed by atoms with Crippen molar-refractivity contribution in [3.63, 3.8) is 0 Å². The summed E-state index contributed by atoms with van der Waals surface area (Å²) < 4.78 is 10.2. The molecule has 0 fully saturated rings. The van der Waals surface area contributed by atoms with Crippen molar-refractivity contribution in [1.82, 2.24) is 0 Å². The van der Waals surface area contributed by atoms with E-state index in [2.05, 4.69) is 44.8 Å². The van der Waals surface area contributed by atoms with Gasteiger partial charge in [0.25, 0.3) is 5.01 Å². The van der Waals surface area contributed by atoms with Crippen molar-refractivity contribution in [2.24, 2.45) is 0 Å². The predicted octanol–water partition coefficient (Wildman–Crippen LogP) is 7.52. The van der Waals surface area contributed by atoms with Crippen LogP contribution < -0.4 is 14.2 Å². The zero-order valence-corrected chi connectivity index (χ0v) is 24.6. The number of halogens is 1. The van der Waals surface area contributed by atoms with Crippen LogP contribution in [0.1, 0.15) is 17.8 Å². The predicted molar refractivity (Wildman–Crippen MR) is 169 cm³/mol. The maximum Gasteiger partial charge on any atom is 0.309 e. The van der Waals surface area contributed by atoms with Crippen molar-refractivity contribution < 1.29 is 29.1 Å². The molecule has 0 unspecified atom stereocenters. The Balaban J connectivity index is 1.50. The van der Waals surface area contributed by atoms with Gasteiger partial charge in [0.1, 0.15) is 11.1 Å². The first-order valence-electron chi connectivity index (χ1n) is 13.5. The number of hydrogen-bond donors (Lipinski definition) is 2. The van der Waals surface area contributed by atoms with Crippen molar-refractivity contribution in [3.05, 3.63) is 95.8 Å². The number of rotatable bonds is 7.